The zero-order valence-electron chi connectivity index (χ0n) is 20.9. The van der Waals surface area contributed by atoms with E-state index in [2.05, 4.69) is 25.6 Å². The van der Waals surface area contributed by atoms with Gasteiger partial charge in [0, 0.05) is 47.3 Å². The van der Waals surface area contributed by atoms with Gasteiger partial charge in [0.05, 0.1) is 11.9 Å². The third kappa shape index (κ3) is 5.42. The number of benzene rings is 2. The number of halogens is 2. The number of nitrogens with two attached hydrogens (primary N) is 1. The van der Waals surface area contributed by atoms with Gasteiger partial charge in [0.2, 0.25) is 5.82 Å². The molecule has 39 heavy (non-hydrogen) atoms. The van der Waals surface area contributed by atoms with Crippen molar-refractivity contribution in [3.63, 3.8) is 0 Å². The minimum atomic E-state index is -1.12. The number of ether oxygens (including phenoxy) is 1. The Morgan fingerprint density at radius 1 is 1.13 bits per heavy atom. The Kier molecular flexibility index (Phi) is 7.75. The molecule has 0 unspecified atom stereocenters. The van der Waals surface area contributed by atoms with E-state index < -0.39 is 11.6 Å². The van der Waals surface area contributed by atoms with Gasteiger partial charge in [-0.25, -0.2) is 19.3 Å². The highest BCUT2D eigenvalue weighted by molar-refractivity contribution is 7.11. The summed E-state index contributed by atoms with van der Waals surface area (Å²) in [7, 11) is 0. The Labute approximate surface area is 226 Å². The van der Waals surface area contributed by atoms with Crippen LogP contribution in [0.15, 0.2) is 60.5 Å². The van der Waals surface area contributed by atoms with E-state index in [0.717, 1.165) is 5.56 Å². The van der Waals surface area contributed by atoms with E-state index >= 15 is 4.39 Å². The summed E-state index contributed by atoms with van der Waals surface area (Å²) in [6, 6.07) is 8.20. The molecular weight excluding hydrogens is 524 g/mol. The third-order valence-electron chi connectivity index (χ3n) is 6.02. The van der Waals surface area contributed by atoms with Crippen molar-refractivity contribution >= 4 is 34.4 Å². The number of hydrogen-bond donors (Lipinski definition) is 3. The van der Waals surface area contributed by atoms with Gasteiger partial charge in [0.15, 0.2) is 23.0 Å². The van der Waals surface area contributed by atoms with Crippen LogP contribution in [0.4, 0.5) is 20.3 Å². The quantitative estimate of drug-likeness (QED) is 0.202. The van der Waals surface area contributed by atoms with Gasteiger partial charge in [0.1, 0.15) is 0 Å². The number of anilines is 2. The number of aryl methyl sites for hydroxylation is 1. The van der Waals surface area contributed by atoms with Crippen molar-refractivity contribution in [2.24, 2.45) is 5.73 Å². The number of rotatable bonds is 10. The van der Waals surface area contributed by atoms with E-state index in [0.29, 0.717) is 54.3 Å². The topological polar surface area (TPSA) is 119 Å². The van der Waals surface area contributed by atoms with E-state index in [1.165, 1.54) is 42.1 Å². The van der Waals surface area contributed by atoms with Crippen LogP contribution >= 0.6 is 11.3 Å². The number of fused-ring (bicyclic) bond motifs is 1. The van der Waals surface area contributed by atoms with Crippen LogP contribution in [0.25, 0.3) is 16.9 Å². The van der Waals surface area contributed by atoms with Crippen LogP contribution in [0.1, 0.15) is 29.3 Å². The van der Waals surface area contributed by atoms with Crippen LogP contribution in [-0.2, 0) is 6.42 Å². The lowest BCUT2D eigenvalue weighted by Gasteiger charge is -2.13. The molecule has 0 radical (unpaired) electrons. The molecule has 2 aromatic carbocycles. The van der Waals surface area contributed by atoms with Gasteiger partial charge in [-0.1, -0.05) is 18.3 Å². The van der Waals surface area contributed by atoms with E-state index in [-0.39, 0.29) is 22.4 Å². The highest BCUT2D eigenvalue weighted by atomic mass is 32.1. The minimum Gasteiger partial charge on any atom is -0.428 e. The van der Waals surface area contributed by atoms with Gasteiger partial charge in [-0.15, -0.1) is 0 Å². The molecule has 9 nitrogen and oxygen atoms in total. The van der Waals surface area contributed by atoms with E-state index in [4.69, 9.17) is 10.5 Å². The summed E-state index contributed by atoms with van der Waals surface area (Å²) in [5.74, 6) is -2.18. The van der Waals surface area contributed by atoms with Crippen molar-refractivity contribution in [1.82, 2.24) is 24.7 Å². The number of imidazole rings is 1. The summed E-state index contributed by atoms with van der Waals surface area (Å²) in [4.78, 5) is 25.3. The number of nitrogens with one attached hydrogen (secondary N) is 2. The van der Waals surface area contributed by atoms with Crippen molar-refractivity contribution in [1.29, 1.82) is 0 Å². The number of carbonyl (C=O) groups excluding carboxylic acids is 1. The number of carbonyl (C=O) groups is 1. The molecule has 0 aliphatic heterocycles. The Hall–Kier alpha value is -4.42. The average Bonchev–Trinajstić information content (AvgIpc) is 3.62. The maximum absolute atomic E-state index is 15.1. The lowest BCUT2D eigenvalue weighted by atomic mass is 10.0. The first-order valence-corrected chi connectivity index (χ1v) is 13.1. The fourth-order valence-corrected chi connectivity index (χ4v) is 4.59. The van der Waals surface area contributed by atoms with Gasteiger partial charge in [-0.05, 0) is 55.3 Å². The highest BCUT2D eigenvalue weighted by Gasteiger charge is 2.20. The summed E-state index contributed by atoms with van der Waals surface area (Å²) in [5, 5.41) is 7.99. The van der Waals surface area contributed by atoms with Gasteiger partial charge >= 0.3 is 0 Å². The number of nitrogens with zero attached hydrogens (tertiary/aromatic N) is 4. The standard InChI is InChI=1S/C27H25F2N7O2S/c1-2-16-14-17(4-5-18(16)26(37)32-9-3-8-30)35-24-25-34-15-20(36(25)12-10-31-24)19-6-7-21(23(29)22(19)28)38-27-33-11-13-39-27/h4-7,10-15H,2-3,8-9,30H2,1H3,(H,31,35)(H,32,37). The first kappa shape index (κ1) is 26.2. The summed E-state index contributed by atoms with van der Waals surface area (Å²) < 4.78 is 37.0. The van der Waals surface area contributed by atoms with Crippen LogP contribution in [0.2, 0.25) is 0 Å². The van der Waals surface area contributed by atoms with E-state index in [1.807, 2.05) is 13.0 Å². The minimum absolute atomic E-state index is 0.0157. The number of amides is 1. The van der Waals surface area contributed by atoms with Crippen molar-refractivity contribution in [2.45, 2.75) is 19.8 Å². The Morgan fingerprint density at radius 3 is 2.77 bits per heavy atom. The number of thiazole rings is 1. The zero-order chi connectivity index (χ0) is 27.4. The summed E-state index contributed by atoms with van der Waals surface area (Å²) in [5.41, 5.74) is 8.43. The lowest BCUT2D eigenvalue weighted by Crippen LogP contribution is -2.26. The molecule has 0 atom stereocenters. The first-order chi connectivity index (χ1) is 19.0. The molecule has 0 saturated heterocycles. The Bertz CT molecular complexity index is 1620. The summed E-state index contributed by atoms with van der Waals surface area (Å²) in [6.45, 7) is 2.99. The average molecular weight is 550 g/mol. The summed E-state index contributed by atoms with van der Waals surface area (Å²) >= 11 is 1.17. The maximum atomic E-state index is 15.1. The fourth-order valence-electron chi connectivity index (χ4n) is 4.09. The maximum Gasteiger partial charge on any atom is 0.278 e. The van der Waals surface area contributed by atoms with Gasteiger partial charge < -0.3 is 21.1 Å². The number of hydrogen-bond acceptors (Lipinski definition) is 8. The van der Waals surface area contributed by atoms with Crippen LogP contribution in [-0.4, -0.2) is 38.3 Å². The Balaban J connectivity index is 1.42. The normalized spacial score (nSPS) is 11.1. The van der Waals surface area contributed by atoms with Crippen LogP contribution in [0.5, 0.6) is 10.9 Å². The predicted molar refractivity (Wildman–Crippen MR) is 146 cm³/mol. The zero-order valence-corrected chi connectivity index (χ0v) is 21.8. The van der Waals surface area contributed by atoms with Crippen LogP contribution in [0.3, 0.4) is 0 Å². The van der Waals surface area contributed by atoms with Crippen molar-refractivity contribution in [3.05, 3.63) is 83.3 Å². The monoisotopic (exact) mass is 549 g/mol. The molecule has 0 fully saturated rings. The molecular formula is C27H25F2N7O2S. The van der Waals surface area contributed by atoms with Crippen molar-refractivity contribution in [3.8, 4) is 22.2 Å². The van der Waals surface area contributed by atoms with Crippen molar-refractivity contribution in [2.75, 3.05) is 18.4 Å². The molecule has 0 aliphatic rings. The van der Waals surface area contributed by atoms with E-state index in [1.54, 1.807) is 28.1 Å². The molecule has 0 bridgehead atoms. The molecule has 3 heterocycles. The second-order valence-electron chi connectivity index (χ2n) is 8.50. The molecule has 0 aliphatic carbocycles. The van der Waals surface area contributed by atoms with Gasteiger partial charge in [0.25, 0.3) is 11.1 Å². The molecule has 0 saturated carbocycles. The summed E-state index contributed by atoms with van der Waals surface area (Å²) in [6.07, 6.45) is 7.47. The van der Waals surface area contributed by atoms with Crippen molar-refractivity contribution < 1.29 is 18.3 Å². The van der Waals surface area contributed by atoms with Gasteiger partial charge in [-0.3, -0.25) is 9.20 Å². The Morgan fingerprint density at radius 2 is 2.00 bits per heavy atom. The van der Waals surface area contributed by atoms with E-state index in [9.17, 15) is 9.18 Å². The first-order valence-electron chi connectivity index (χ1n) is 12.3. The fraction of sp³-hybridized carbons (Fsp3) is 0.185. The molecule has 5 aromatic rings. The van der Waals surface area contributed by atoms with Crippen LogP contribution < -0.4 is 21.1 Å². The molecule has 0 spiro atoms. The smallest absolute Gasteiger partial charge is 0.278 e. The SMILES string of the molecule is CCc1cc(Nc2nccn3c(-c4ccc(Oc5nccs5)c(F)c4F)cnc23)ccc1C(=O)NCCCN. The molecule has 1 amide bonds. The highest BCUT2D eigenvalue weighted by Crippen LogP contribution is 2.34. The second kappa shape index (κ2) is 11.5. The lowest BCUT2D eigenvalue weighted by molar-refractivity contribution is 0.0952. The molecule has 200 valence electrons. The van der Waals surface area contributed by atoms with Crippen LogP contribution in [0, 0.1) is 11.6 Å². The molecule has 3 aromatic heterocycles. The largest absolute Gasteiger partial charge is 0.428 e. The second-order valence-corrected chi connectivity index (χ2v) is 9.36. The predicted octanol–water partition coefficient (Wildman–Crippen LogP) is 5.31. The molecule has 4 N–H and O–H groups in total. The van der Waals surface area contributed by atoms with Gasteiger partial charge in [-0.2, -0.15) is 4.39 Å². The number of aromatic nitrogens is 4. The molecule has 5 rings (SSSR count). The molecule has 12 heteroatoms. The third-order valence-corrected chi connectivity index (χ3v) is 6.67.